The van der Waals surface area contributed by atoms with Crippen molar-refractivity contribution in [1.82, 2.24) is 44.5 Å². The maximum atomic E-state index is 11.7. The second-order valence-electron chi connectivity index (χ2n) is 8.53. The number of benzene rings is 1. The number of hydrogen-bond acceptors (Lipinski definition) is 8. The number of nitrogens with one attached hydrogen (secondary N) is 3. The zero-order chi connectivity index (χ0) is 24.7. The Morgan fingerprint density at radius 2 is 1.83 bits per heavy atom. The maximum Gasteiger partial charge on any atom is 0.352 e. The van der Waals surface area contributed by atoms with E-state index in [1.54, 1.807) is 4.52 Å². The van der Waals surface area contributed by atoms with Crippen LogP contribution < -0.4 is 11.4 Å². The molecule has 14 nitrogen and oxygen atoms in total. The summed E-state index contributed by atoms with van der Waals surface area (Å²) in [6.45, 7) is 13.5. The normalized spacial score (nSPS) is 11.9. The Balaban J connectivity index is 1.68. The van der Waals surface area contributed by atoms with Gasteiger partial charge >= 0.3 is 11.4 Å². The Labute approximate surface area is 196 Å². The average Bonchev–Trinajstić information content (AvgIpc) is 3.50. The van der Waals surface area contributed by atoms with E-state index in [1.165, 1.54) is 6.20 Å². The van der Waals surface area contributed by atoms with Crippen molar-refractivity contribution in [3.63, 3.8) is 0 Å². The largest absolute Gasteiger partial charge is 0.352 e. The number of aromatic nitrogens is 9. The van der Waals surface area contributed by atoms with Crippen LogP contribution in [0, 0.1) is 6.57 Å². The average molecular weight is 470 g/mol. The van der Waals surface area contributed by atoms with Crippen molar-refractivity contribution in [2.45, 2.75) is 26.2 Å². The number of rotatable bonds is 4. The Bertz CT molecular complexity index is 1710. The molecule has 14 heteroatoms. The molecule has 0 unspecified atom stereocenters. The molecule has 174 valence electrons. The van der Waals surface area contributed by atoms with Crippen molar-refractivity contribution >= 4 is 22.8 Å². The Morgan fingerprint density at radius 1 is 1.06 bits per heavy atom. The zero-order valence-corrected chi connectivity index (χ0v) is 18.8. The molecule has 0 spiro atoms. The van der Waals surface area contributed by atoms with E-state index in [2.05, 4.69) is 45.4 Å². The molecule has 4 aromatic heterocycles. The third kappa shape index (κ3) is 3.80. The van der Waals surface area contributed by atoms with Crippen LogP contribution in [0.15, 0.2) is 56.3 Å². The topological polar surface area (TPSA) is 171 Å². The van der Waals surface area contributed by atoms with E-state index in [0.717, 1.165) is 15.9 Å². The van der Waals surface area contributed by atoms with E-state index in [9.17, 15) is 9.59 Å². The molecule has 0 amide bonds. The molecule has 0 saturated heterocycles. The minimum Gasteiger partial charge on any atom is -0.292 e. The van der Waals surface area contributed by atoms with Crippen LogP contribution in [0.3, 0.4) is 0 Å². The second-order valence-corrected chi connectivity index (χ2v) is 8.53. The van der Waals surface area contributed by atoms with E-state index in [4.69, 9.17) is 6.57 Å². The molecule has 5 aromatic rings. The molecule has 5 rings (SSSR count). The first-order chi connectivity index (χ1) is 16.8. The summed E-state index contributed by atoms with van der Waals surface area (Å²) in [5.74, 6) is 0.382. The Kier molecular flexibility index (Phi) is 4.94. The molecule has 0 saturated carbocycles. The van der Waals surface area contributed by atoms with Crippen LogP contribution >= 0.6 is 0 Å². The van der Waals surface area contributed by atoms with Gasteiger partial charge in [-0.25, -0.2) is 18.9 Å². The van der Waals surface area contributed by atoms with E-state index >= 15 is 0 Å². The van der Waals surface area contributed by atoms with Gasteiger partial charge in [0.2, 0.25) is 11.6 Å². The number of nitrogens with zero attached hydrogens (tertiary/aromatic N) is 9. The van der Waals surface area contributed by atoms with Crippen molar-refractivity contribution in [3.05, 3.63) is 74.6 Å². The van der Waals surface area contributed by atoms with E-state index in [1.807, 2.05) is 56.1 Å². The van der Waals surface area contributed by atoms with Gasteiger partial charge in [0.25, 0.3) is 5.69 Å². The SMILES string of the molecule is [C-]#[N+]c1cnn(-c2nc(=O)[nH]c(=O)[nH]2)c1N=Nc1c(C(C)(C)C)[nH]n2c(-c3ccccc3)nnc12. The number of H-pyrrole nitrogens is 3. The van der Waals surface area contributed by atoms with Crippen LogP contribution in [0.2, 0.25) is 0 Å². The summed E-state index contributed by atoms with van der Waals surface area (Å²) in [5, 5.41) is 24.6. The standard InChI is InChI=1S/C21H18N12O2/c1-21(2,3)14-13(17-30-28-15(32(17)31-14)11-8-6-5-7-9-11)27-29-16-12(22-4)10-23-33(16)18-24-19(34)26-20(35)25-18/h5-10,31H,1-3H3,(H2,24,25,26,34,35). The van der Waals surface area contributed by atoms with Crippen LogP contribution in [0.25, 0.3) is 27.8 Å². The summed E-state index contributed by atoms with van der Waals surface area (Å²) in [6.07, 6.45) is 1.24. The van der Waals surface area contributed by atoms with Gasteiger partial charge in [-0.15, -0.1) is 20.4 Å². The quantitative estimate of drug-likeness (QED) is 0.269. The second kappa shape index (κ2) is 7.99. The van der Waals surface area contributed by atoms with E-state index in [0.29, 0.717) is 17.2 Å². The van der Waals surface area contributed by atoms with Gasteiger partial charge in [-0.1, -0.05) is 51.1 Å². The molecule has 0 bridgehead atoms. The summed E-state index contributed by atoms with van der Waals surface area (Å²) >= 11 is 0. The van der Waals surface area contributed by atoms with Gasteiger partial charge in [-0.2, -0.15) is 14.8 Å². The first kappa shape index (κ1) is 21.6. The number of fused-ring (bicyclic) bond motifs is 1. The lowest BCUT2D eigenvalue weighted by Gasteiger charge is -2.16. The van der Waals surface area contributed by atoms with Crippen molar-refractivity contribution in [1.29, 1.82) is 0 Å². The van der Waals surface area contributed by atoms with E-state index < -0.39 is 11.4 Å². The predicted octanol–water partition coefficient (Wildman–Crippen LogP) is 2.95. The smallest absolute Gasteiger partial charge is 0.292 e. The number of aromatic amines is 3. The lowest BCUT2D eigenvalue weighted by atomic mass is 9.91. The van der Waals surface area contributed by atoms with E-state index in [-0.39, 0.29) is 22.9 Å². The molecular formula is C21H18N12O2. The van der Waals surface area contributed by atoms with Crippen LogP contribution in [0.1, 0.15) is 26.5 Å². The van der Waals surface area contributed by atoms with Gasteiger partial charge < -0.3 is 0 Å². The van der Waals surface area contributed by atoms with Gasteiger partial charge in [0.15, 0.2) is 17.3 Å². The monoisotopic (exact) mass is 470 g/mol. The number of hydrogen-bond donors (Lipinski definition) is 3. The third-order valence-electron chi connectivity index (χ3n) is 5.06. The summed E-state index contributed by atoms with van der Waals surface area (Å²) in [6, 6.07) is 9.57. The highest BCUT2D eigenvalue weighted by molar-refractivity contribution is 5.72. The zero-order valence-electron chi connectivity index (χ0n) is 18.8. The first-order valence-electron chi connectivity index (χ1n) is 10.4. The highest BCUT2D eigenvalue weighted by Crippen LogP contribution is 2.37. The Hall–Kier alpha value is -5.19. The highest BCUT2D eigenvalue weighted by atomic mass is 16.2. The van der Waals surface area contributed by atoms with Gasteiger partial charge in [0.05, 0.1) is 18.5 Å². The summed E-state index contributed by atoms with van der Waals surface area (Å²) < 4.78 is 2.79. The summed E-state index contributed by atoms with van der Waals surface area (Å²) in [5.41, 5.74) is 0.494. The molecule has 0 atom stereocenters. The van der Waals surface area contributed by atoms with Gasteiger partial charge in [0.1, 0.15) is 0 Å². The van der Waals surface area contributed by atoms with Crippen molar-refractivity contribution in [2.75, 3.05) is 0 Å². The molecule has 1 aromatic carbocycles. The fourth-order valence-electron chi connectivity index (χ4n) is 3.45. The highest BCUT2D eigenvalue weighted by Gasteiger charge is 2.27. The molecule has 0 aliphatic rings. The molecule has 0 fully saturated rings. The van der Waals surface area contributed by atoms with Gasteiger partial charge in [-0.3, -0.25) is 15.1 Å². The Morgan fingerprint density at radius 3 is 2.51 bits per heavy atom. The lowest BCUT2D eigenvalue weighted by Crippen LogP contribution is -2.27. The molecule has 0 radical (unpaired) electrons. The van der Waals surface area contributed by atoms with Crippen LogP contribution in [0.4, 0.5) is 17.2 Å². The molecule has 3 N–H and O–H groups in total. The van der Waals surface area contributed by atoms with Crippen LogP contribution in [-0.4, -0.2) is 44.5 Å². The molecule has 0 aliphatic heterocycles. The molecular weight excluding hydrogens is 452 g/mol. The molecule has 4 heterocycles. The molecule has 35 heavy (non-hydrogen) atoms. The minimum absolute atomic E-state index is 0.0178. The predicted molar refractivity (Wildman–Crippen MR) is 125 cm³/mol. The summed E-state index contributed by atoms with van der Waals surface area (Å²) in [4.78, 5) is 34.8. The fraction of sp³-hybridized carbons (Fsp3) is 0.190. The maximum absolute atomic E-state index is 11.7. The van der Waals surface area contributed by atoms with Crippen molar-refractivity contribution in [2.24, 2.45) is 10.2 Å². The van der Waals surface area contributed by atoms with Crippen LogP contribution in [0.5, 0.6) is 0 Å². The lowest BCUT2D eigenvalue weighted by molar-refractivity contribution is 0.563. The third-order valence-corrected chi connectivity index (χ3v) is 5.06. The summed E-state index contributed by atoms with van der Waals surface area (Å²) in [7, 11) is 0. The van der Waals surface area contributed by atoms with Crippen LogP contribution in [-0.2, 0) is 5.41 Å². The fourth-order valence-corrected chi connectivity index (χ4v) is 3.45. The molecule has 0 aliphatic carbocycles. The van der Waals surface area contributed by atoms with Crippen molar-refractivity contribution in [3.8, 4) is 17.3 Å². The number of azo groups is 1. The van der Waals surface area contributed by atoms with Gasteiger partial charge in [-0.05, 0) is 0 Å². The first-order valence-corrected chi connectivity index (χ1v) is 10.4. The van der Waals surface area contributed by atoms with Gasteiger partial charge in [0, 0.05) is 11.0 Å². The van der Waals surface area contributed by atoms with Crippen molar-refractivity contribution < 1.29 is 0 Å². The minimum atomic E-state index is -0.870.